The van der Waals surface area contributed by atoms with Crippen molar-refractivity contribution >= 4 is 23.1 Å². The van der Waals surface area contributed by atoms with E-state index in [2.05, 4.69) is 12.2 Å². The highest BCUT2D eigenvalue weighted by Gasteiger charge is 2.54. The van der Waals surface area contributed by atoms with E-state index in [1.807, 2.05) is 0 Å². The topological polar surface area (TPSA) is 46.3 Å². The van der Waals surface area contributed by atoms with Crippen LogP contribution >= 0.6 is 12.2 Å². The maximum atomic E-state index is 12.0. The highest BCUT2D eigenvalue weighted by Crippen LogP contribution is 2.47. The van der Waals surface area contributed by atoms with Crippen LogP contribution in [0.25, 0.3) is 0 Å². The van der Waals surface area contributed by atoms with E-state index in [0.29, 0.717) is 17.7 Å². The molecular weight excluding hydrogens is 229 g/mol. The maximum absolute atomic E-state index is 12.0. The van der Waals surface area contributed by atoms with E-state index in [-0.39, 0.29) is 4.99 Å². The summed E-state index contributed by atoms with van der Waals surface area (Å²) in [5.74, 6) is -0.632. The van der Waals surface area contributed by atoms with Gasteiger partial charge in [0.25, 0.3) is 0 Å². The van der Waals surface area contributed by atoms with E-state index in [4.69, 9.17) is 5.73 Å². The molecule has 7 heteroatoms. The summed E-state index contributed by atoms with van der Waals surface area (Å²) in [6.45, 7) is -1.27. The number of thiocarbonyl (C=S) groups is 1. The molecule has 0 aromatic heterocycles. The molecule has 0 aromatic carbocycles. The molecule has 1 aliphatic carbocycles. The molecule has 1 rings (SSSR count). The van der Waals surface area contributed by atoms with Gasteiger partial charge in [0.05, 0.1) is 10.4 Å². The highest BCUT2D eigenvalue weighted by atomic mass is 32.1. The van der Waals surface area contributed by atoms with Crippen LogP contribution in [0.1, 0.15) is 12.8 Å². The van der Waals surface area contributed by atoms with Crippen LogP contribution in [0.15, 0.2) is 0 Å². The summed E-state index contributed by atoms with van der Waals surface area (Å²) in [5, 5.41) is 0. The van der Waals surface area contributed by atoms with Crippen molar-refractivity contribution < 1.29 is 18.0 Å². The monoisotopic (exact) mass is 240 g/mol. The average molecular weight is 240 g/mol. The zero-order chi connectivity index (χ0) is 11.9. The van der Waals surface area contributed by atoms with E-state index >= 15 is 0 Å². The van der Waals surface area contributed by atoms with Crippen LogP contribution in [0.5, 0.6) is 0 Å². The van der Waals surface area contributed by atoms with Gasteiger partial charge in [0, 0.05) is 7.05 Å². The molecule has 0 bridgehead atoms. The molecule has 1 saturated carbocycles. The summed E-state index contributed by atoms with van der Waals surface area (Å²) < 4.78 is 36.1. The van der Waals surface area contributed by atoms with Gasteiger partial charge in [0.15, 0.2) is 0 Å². The molecule has 3 nitrogen and oxygen atoms in total. The van der Waals surface area contributed by atoms with Gasteiger partial charge >= 0.3 is 6.18 Å². The summed E-state index contributed by atoms with van der Waals surface area (Å²) in [4.78, 5) is 12.2. The predicted molar refractivity (Wildman–Crippen MR) is 52.1 cm³/mol. The Morgan fingerprint density at radius 3 is 2.27 bits per heavy atom. The second-order valence-corrected chi connectivity index (χ2v) is 4.16. The molecule has 1 fully saturated rings. The molecule has 0 saturated heterocycles. The SMILES string of the molecule is CN(CC(F)(F)F)C(=O)C1(C(N)=S)CC1. The Labute approximate surface area is 90.4 Å². The van der Waals surface area contributed by atoms with Gasteiger partial charge in [-0.15, -0.1) is 0 Å². The molecule has 15 heavy (non-hydrogen) atoms. The molecule has 0 spiro atoms. The standard InChI is InChI=1S/C8H11F3N2OS/c1-13(4-8(9,10)11)6(14)7(2-3-7)5(12)15/h2-4H2,1H3,(H2,12,15). The van der Waals surface area contributed by atoms with Crippen molar-refractivity contribution in [3.63, 3.8) is 0 Å². The molecule has 1 amide bonds. The van der Waals surface area contributed by atoms with Crippen molar-refractivity contribution in [2.45, 2.75) is 19.0 Å². The number of hydrogen-bond acceptors (Lipinski definition) is 2. The molecule has 1 aliphatic rings. The minimum absolute atomic E-state index is 0.0125. The fraction of sp³-hybridized carbons (Fsp3) is 0.750. The van der Waals surface area contributed by atoms with Crippen LogP contribution in [0.4, 0.5) is 13.2 Å². The molecule has 2 N–H and O–H groups in total. The molecular formula is C8H11F3N2OS. The Balaban J connectivity index is 2.66. The van der Waals surface area contributed by atoms with Crippen molar-refractivity contribution in [1.29, 1.82) is 0 Å². The van der Waals surface area contributed by atoms with Crippen LogP contribution in [-0.2, 0) is 4.79 Å². The van der Waals surface area contributed by atoms with Crippen LogP contribution in [0.2, 0.25) is 0 Å². The highest BCUT2D eigenvalue weighted by molar-refractivity contribution is 7.80. The first-order valence-corrected chi connectivity index (χ1v) is 4.72. The third kappa shape index (κ3) is 2.58. The van der Waals surface area contributed by atoms with Crippen molar-refractivity contribution in [3.8, 4) is 0 Å². The second kappa shape index (κ2) is 3.62. The number of carbonyl (C=O) groups excluding carboxylic acids is 1. The lowest BCUT2D eigenvalue weighted by molar-refractivity contribution is -0.160. The maximum Gasteiger partial charge on any atom is 0.406 e. The summed E-state index contributed by atoms with van der Waals surface area (Å²) in [6, 6.07) is 0. The zero-order valence-electron chi connectivity index (χ0n) is 8.10. The normalized spacial score (nSPS) is 18.4. The van der Waals surface area contributed by atoms with Gasteiger partial charge in [-0.3, -0.25) is 4.79 Å². The number of hydrogen-bond donors (Lipinski definition) is 1. The summed E-state index contributed by atoms with van der Waals surface area (Å²) >= 11 is 4.68. The molecule has 86 valence electrons. The predicted octanol–water partition coefficient (Wildman–Crippen LogP) is 1.07. The van der Waals surface area contributed by atoms with E-state index in [1.54, 1.807) is 0 Å². The smallest absolute Gasteiger partial charge is 0.392 e. The van der Waals surface area contributed by atoms with Crippen LogP contribution in [0.3, 0.4) is 0 Å². The van der Waals surface area contributed by atoms with E-state index < -0.39 is 24.0 Å². The van der Waals surface area contributed by atoms with Crippen LogP contribution < -0.4 is 5.73 Å². The van der Waals surface area contributed by atoms with Crippen LogP contribution in [-0.4, -0.2) is 35.6 Å². The lowest BCUT2D eigenvalue weighted by Crippen LogP contribution is -2.44. The lowest BCUT2D eigenvalue weighted by Gasteiger charge is -2.23. The van der Waals surface area contributed by atoms with E-state index in [0.717, 1.165) is 7.05 Å². The minimum Gasteiger partial charge on any atom is -0.392 e. The largest absolute Gasteiger partial charge is 0.406 e. The van der Waals surface area contributed by atoms with E-state index in [9.17, 15) is 18.0 Å². The average Bonchev–Trinajstić information content (AvgIpc) is 2.79. The number of halogens is 3. The number of carbonyl (C=O) groups is 1. The number of nitrogens with two attached hydrogens (primary N) is 1. The fourth-order valence-corrected chi connectivity index (χ4v) is 1.69. The summed E-state index contributed by atoms with van der Waals surface area (Å²) in [7, 11) is 1.11. The fourth-order valence-electron chi connectivity index (χ4n) is 1.40. The molecule has 0 radical (unpaired) electrons. The number of nitrogens with zero attached hydrogens (tertiary/aromatic N) is 1. The Bertz CT molecular complexity index is 299. The van der Waals surface area contributed by atoms with Gasteiger partial charge < -0.3 is 10.6 Å². The van der Waals surface area contributed by atoms with Gasteiger partial charge in [-0.25, -0.2) is 0 Å². The van der Waals surface area contributed by atoms with Crippen LogP contribution in [0, 0.1) is 5.41 Å². The first-order chi connectivity index (χ1) is 6.69. The molecule has 0 aliphatic heterocycles. The van der Waals surface area contributed by atoms with Gasteiger partial charge in [0.1, 0.15) is 6.54 Å². The Kier molecular flexibility index (Phi) is 2.95. The Hall–Kier alpha value is -0.850. The Morgan fingerprint density at radius 2 is 2.00 bits per heavy atom. The van der Waals surface area contributed by atoms with Gasteiger partial charge in [-0.1, -0.05) is 12.2 Å². The first kappa shape index (κ1) is 12.2. The minimum atomic E-state index is -4.39. The number of alkyl halides is 3. The van der Waals surface area contributed by atoms with Crippen molar-refractivity contribution in [2.24, 2.45) is 11.1 Å². The first-order valence-electron chi connectivity index (χ1n) is 4.31. The molecule has 0 aromatic rings. The molecule has 0 atom stereocenters. The third-order valence-electron chi connectivity index (χ3n) is 2.39. The molecule has 0 unspecified atom stereocenters. The second-order valence-electron chi connectivity index (χ2n) is 3.72. The third-order valence-corrected chi connectivity index (χ3v) is 2.78. The van der Waals surface area contributed by atoms with E-state index in [1.165, 1.54) is 0 Å². The van der Waals surface area contributed by atoms with Gasteiger partial charge in [0.2, 0.25) is 5.91 Å². The number of rotatable bonds is 3. The Morgan fingerprint density at radius 1 is 1.53 bits per heavy atom. The van der Waals surface area contributed by atoms with Crippen molar-refractivity contribution in [2.75, 3.05) is 13.6 Å². The zero-order valence-corrected chi connectivity index (χ0v) is 8.91. The number of amides is 1. The quantitative estimate of drug-likeness (QED) is 0.751. The lowest BCUT2D eigenvalue weighted by atomic mass is 10.1. The van der Waals surface area contributed by atoms with Crippen molar-refractivity contribution in [3.05, 3.63) is 0 Å². The van der Waals surface area contributed by atoms with Crippen molar-refractivity contribution in [1.82, 2.24) is 4.90 Å². The molecule has 0 heterocycles. The summed E-state index contributed by atoms with van der Waals surface area (Å²) in [6.07, 6.45) is -3.50. The van der Waals surface area contributed by atoms with Gasteiger partial charge in [-0.05, 0) is 12.8 Å². The summed E-state index contributed by atoms with van der Waals surface area (Å²) in [5.41, 5.74) is 4.33. The van der Waals surface area contributed by atoms with Gasteiger partial charge in [-0.2, -0.15) is 13.2 Å².